The number of carbonyl (C=O) groups is 1. The van der Waals surface area contributed by atoms with E-state index in [4.69, 9.17) is 4.42 Å². The predicted molar refractivity (Wildman–Crippen MR) is 124 cm³/mol. The van der Waals surface area contributed by atoms with Crippen LogP contribution in [0.2, 0.25) is 0 Å². The van der Waals surface area contributed by atoms with Gasteiger partial charge in [-0.3, -0.25) is 4.79 Å². The van der Waals surface area contributed by atoms with Gasteiger partial charge in [0.05, 0.1) is 17.7 Å². The van der Waals surface area contributed by atoms with Crippen LogP contribution >= 0.6 is 11.8 Å². The Hall–Kier alpha value is -3.05. The molecular formula is C24H27N5O2S. The van der Waals surface area contributed by atoms with E-state index >= 15 is 0 Å². The number of anilines is 1. The fourth-order valence-electron chi connectivity index (χ4n) is 4.32. The largest absolute Gasteiger partial charge is 0.416 e. The van der Waals surface area contributed by atoms with Gasteiger partial charge in [0.25, 0.3) is 5.22 Å². The van der Waals surface area contributed by atoms with Crippen LogP contribution in [0.3, 0.4) is 0 Å². The first-order valence-corrected chi connectivity index (χ1v) is 12.0. The van der Waals surface area contributed by atoms with E-state index in [1.807, 2.05) is 44.2 Å². The summed E-state index contributed by atoms with van der Waals surface area (Å²) in [5, 5.41) is 21.2. The van der Waals surface area contributed by atoms with Gasteiger partial charge in [0, 0.05) is 11.7 Å². The molecule has 3 aromatic rings. The number of hydrogen-bond donors (Lipinski definition) is 1. The van der Waals surface area contributed by atoms with Crippen LogP contribution in [0.1, 0.15) is 66.4 Å². The number of amides is 1. The Labute approximate surface area is 192 Å². The van der Waals surface area contributed by atoms with Crippen molar-refractivity contribution in [1.29, 1.82) is 5.26 Å². The highest BCUT2D eigenvalue weighted by molar-refractivity contribution is 7.99. The summed E-state index contributed by atoms with van der Waals surface area (Å²) in [5.41, 5.74) is 3.63. The number of nitrogens with one attached hydrogen (secondary N) is 1. The van der Waals surface area contributed by atoms with Crippen LogP contribution in [-0.4, -0.2) is 26.4 Å². The second kappa shape index (κ2) is 10.0. The van der Waals surface area contributed by atoms with Crippen molar-refractivity contribution in [3.63, 3.8) is 0 Å². The number of rotatable bonds is 7. The molecule has 0 radical (unpaired) electrons. The number of benzene rings is 1. The minimum absolute atomic E-state index is 0.131. The van der Waals surface area contributed by atoms with Crippen molar-refractivity contribution < 1.29 is 9.21 Å². The molecule has 1 N–H and O–H groups in total. The van der Waals surface area contributed by atoms with Crippen molar-refractivity contribution in [3.8, 4) is 6.07 Å². The van der Waals surface area contributed by atoms with Gasteiger partial charge in [-0.2, -0.15) is 5.26 Å². The first-order valence-electron chi connectivity index (χ1n) is 11.0. The van der Waals surface area contributed by atoms with Crippen molar-refractivity contribution in [2.75, 3.05) is 11.1 Å². The first-order chi connectivity index (χ1) is 15.6. The highest BCUT2D eigenvalue weighted by Gasteiger charge is 2.26. The molecule has 7 nitrogen and oxygen atoms in total. The van der Waals surface area contributed by atoms with Gasteiger partial charge in [-0.15, -0.1) is 10.2 Å². The van der Waals surface area contributed by atoms with E-state index in [1.54, 1.807) is 0 Å². The molecule has 8 heteroatoms. The second-order valence-corrected chi connectivity index (χ2v) is 9.10. The normalized spacial score (nSPS) is 14.3. The molecule has 1 fully saturated rings. The average molecular weight is 450 g/mol. The van der Waals surface area contributed by atoms with Crippen molar-refractivity contribution in [3.05, 3.63) is 58.6 Å². The molecule has 0 saturated heterocycles. The average Bonchev–Trinajstić information content (AvgIpc) is 3.35. The third kappa shape index (κ3) is 4.89. The fraction of sp³-hybridized carbons (Fsp3) is 0.417. The van der Waals surface area contributed by atoms with Gasteiger partial charge in [0.2, 0.25) is 11.8 Å². The molecule has 1 saturated carbocycles. The lowest BCUT2D eigenvalue weighted by Gasteiger charge is -2.27. The highest BCUT2D eigenvalue weighted by Crippen LogP contribution is 2.36. The summed E-state index contributed by atoms with van der Waals surface area (Å²) in [5.74, 6) is 1.08. The SMILES string of the molecule is Cc1c(C#N)c(NC(=O)CSc2nnc(Cc3ccccc3)o2)n(C2CCCCC2)c1C. The molecule has 0 spiro atoms. The lowest BCUT2D eigenvalue weighted by Crippen LogP contribution is -2.21. The van der Waals surface area contributed by atoms with E-state index in [0.29, 0.717) is 35.0 Å². The molecule has 1 amide bonds. The van der Waals surface area contributed by atoms with E-state index in [-0.39, 0.29) is 11.7 Å². The molecule has 0 atom stereocenters. The fourth-order valence-corrected chi connectivity index (χ4v) is 4.90. The molecule has 32 heavy (non-hydrogen) atoms. The molecule has 2 aromatic heterocycles. The first kappa shape index (κ1) is 22.2. The Bertz CT molecular complexity index is 1120. The van der Waals surface area contributed by atoms with Crippen LogP contribution < -0.4 is 5.32 Å². The second-order valence-electron chi connectivity index (χ2n) is 8.17. The summed E-state index contributed by atoms with van der Waals surface area (Å²) in [7, 11) is 0. The minimum Gasteiger partial charge on any atom is -0.416 e. The minimum atomic E-state index is -0.191. The van der Waals surface area contributed by atoms with Crippen LogP contribution in [0.25, 0.3) is 0 Å². The Morgan fingerprint density at radius 2 is 1.97 bits per heavy atom. The summed E-state index contributed by atoms with van der Waals surface area (Å²) in [6.07, 6.45) is 6.30. The lowest BCUT2D eigenvalue weighted by atomic mass is 9.95. The molecule has 2 heterocycles. The third-order valence-electron chi connectivity index (χ3n) is 6.04. The number of thioether (sulfide) groups is 1. The van der Waals surface area contributed by atoms with Gasteiger partial charge in [-0.1, -0.05) is 61.4 Å². The van der Waals surface area contributed by atoms with Gasteiger partial charge in [-0.05, 0) is 37.8 Å². The van der Waals surface area contributed by atoms with E-state index < -0.39 is 0 Å². The Balaban J connectivity index is 1.42. The molecule has 166 valence electrons. The molecule has 1 aromatic carbocycles. The summed E-state index contributed by atoms with van der Waals surface area (Å²) in [6, 6.07) is 12.5. The Morgan fingerprint density at radius 3 is 2.69 bits per heavy atom. The molecular weight excluding hydrogens is 422 g/mol. The van der Waals surface area contributed by atoms with Crippen molar-refractivity contribution in [2.45, 2.75) is 63.6 Å². The molecule has 0 aliphatic heterocycles. The maximum Gasteiger partial charge on any atom is 0.277 e. The van der Waals surface area contributed by atoms with E-state index in [9.17, 15) is 10.1 Å². The van der Waals surface area contributed by atoms with Crippen LogP contribution in [0.4, 0.5) is 5.82 Å². The zero-order chi connectivity index (χ0) is 22.5. The zero-order valence-corrected chi connectivity index (χ0v) is 19.2. The van der Waals surface area contributed by atoms with Gasteiger partial charge in [0.15, 0.2) is 0 Å². The Kier molecular flexibility index (Phi) is 6.96. The lowest BCUT2D eigenvalue weighted by molar-refractivity contribution is -0.113. The van der Waals surface area contributed by atoms with E-state index in [0.717, 1.165) is 29.7 Å². The number of nitriles is 1. The van der Waals surface area contributed by atoms with Gasteiger partial charge < -0.3 is 14.3 Å². The van der Waals surface area contributed by atoms with Crippen LogP contribution in [-0.2, 0) is 11.2 Å². The van der Waals surface area contributed by atoms with E-state index in [1.165, 1.54) is 31.0 Å². The number of hydrogen-bond acceptors (Lipinski definition) is 6. The summed E-state index contributed by atoms with van der Waals surface area (Å²) in [4.78, 5) is 12.8. The summed E-state index contributed by atoms with van der Waals surface area (Å²) >= 11 is 1.20. The van der Waals surface area contributed by atoms with E-state index in [2.05, 4.69) is 26.2 Å². The monoisotopic (exact) mass is 449 g/mol. The number of nitrogens with zero attached hydrogens (tertiary/aromatic N) is 4. The molecule has 1 aliphatic rings. The quantitative estimate of drug-likeness (QED) is 0.499. The van der Waals surface area contributed by atoms with Crippen molar-refractivity contribution in [2.24, 2.45) is 0 Å². The maximum atomic E-state index is 12.8. The standard InChI is InChI=1S/C24H27N5O2S/c1-16-17(2)29(19-11-7-4-8-12-19)23(20(16)14-25)26-21(30)15-32-24-28-27-22(31-24)13-18-9-5-3-6-10-18/h3,5-6,9-10,19H,4,7-8,11-13,15H2,1-2H3,(H,26,30). The molecule has 0 bridgehead atoms. The van der Waals surface area contributed by atoms with Gasteiger partial charge in [0.1, 0.15) is 11.9 Å². The number of carbonyl (C=O) groups excluding carboxylic acids is 1. The van der Waals surface area contributed by atoms with Crippen molar-refractivity contribution in [1.82, 2.24) is 14.8 Å². The Morgan fingerprint density at radius 1 is 1.22 bits per heavy atom. The van der Waals surface area contributed by atoms with Crippen LogP contribution in [0.5, 0.6) is 0 Å². The molecule has 4 rings (SSSR count). The van der Waals surface area contributed by atoms with Crippen LogP contribution in [0, 0.1) is 25.2 Å². The maximum absolute atomic E-state index is 12.8. The predicted octanol–water partition coefficient (Wildman–Crippen LogP) is 5.19. The van der Waals surface area contributed by atoms with Gasteiger partial charge in [-0.25, -0.2) is 0 Å². The summed E-state index contributed by atoms with van der Waals surface area (Å²) in [6.45, 7) is 3.98. The molecule has 1 aliphatic carbocycles. The number of aromatic nitrogens is 3. The smallest absolute Gasteiger partial charge is 0.277 e. The zero-order valence-electron chi connectivity index (χ0n) is 18.4. The highest BCUT2D eigenvalue weighted by atomic mass is 32.2. The molecule has 0 unspecified atom stereocenters. The topological polar surface area (TPSA) is 96.7 Å². The summed E-state index contributed by atoms with van der Waals surface area (Å²) < 4.78 is 7.85. The third-order valence-corrected chi connectivity index (χ3v) is 6.86. The van der Waals surface area contributed by atoms with Gasteiger partial charge >= 0.3 is 0 Å². The van der Waals surface area contributed by atoms with Crippen molar-refractivity contribution >= 4 is 23.5 Å². The van der Waals surface area contributed by atoms with Crippen LogP contribution in [0.15, 0.2) is 40.0 Å².